The van der Waals surface area contributed by atoms with Gasteiger partial charge >= 0.3 is 0 Å². The Hall–Kier alpha value is -1.62. The number of hydrogen-bond donors (Lipinski definition) is 1. The Balaban J connectivity index is 2.18. The van der Waals surface area contributed by atoms with Gasteiger partial charge in [-0.15, -0.1) is 0 Å². The van der Waals surface area contributed by atoms with E-state index in [9.17, 15) is 0 Å². The van der Waals surface area contributed by atoms with E-state index in [0.717, 1.165) is 5.56 Å². The van der Waals surface area contributed by atoms with Gasteiger partial charge in [-0.25, -0.2) is 9.97 Å². The molecule has 2 aromatic heterocycles. The zero-order valence-electron chi connectivity index (χ0n) is 8.18. The van der Waals surface area contributed by atoms with Crippen LogP contribution in [0.25, 0.3) is 0 Å². The van der Waals surface area contributed by atoms with E-state index in [1.807, 2.05) is 6.92 Å². The molecule has 2 N–H and O–H groups in total. The van der Waals surface area contributed by atoms with Gasteiger partial charge in [0.1, 0.15) is 17.4 Å². The number of halogens is 1. The minimum Gasteiger partial charge on any atom is -0.381 e. The van der Waals surface area contributed by atoms with Crippen LogP contribution < -0.4 is 5.73 Å². The van der Waals surface area contributed by atoms with Crippen LogP contribution in [0.15, 0.2) is 18.6 Å². The summed E-state index contributed by atoms with van der Waals surface area (Å²) in [5.74, 6) is 1.00. The molecule has 0 bridgehead atoms. The van der Waals surface area contributed by atoms with E-state index in [-0.39, 0.29) is 0 Å². The number of hydrogen-bond acceptors (Lipinski definition) is 4. The van der Waals surface area contributed by atoms with Crippen molar-refractivity contribution in [2.24, 2.45) is 0 Å². The lowest BCUT2D eigenvalue weighted by Crippen LogP contribution is -2.05. The highest BCUT2D eigenvalue weighted by molar-refractivity contribution is 6.32. The van der Waals surface area contributed by atoms with Crippen LogP contribution >= 0.6 is 11.6 Å². The van der Waals surface area contributed by atoms with Crippen LogP contribution in [0.1, 0.15) is 11.4 Å². The van der Waals surface area contributed by atoms with E-state index in [1.54, 1.807) is 23.3 Å². The zero-order valence-corrected chi connectivity index (χ0v) is 8.94. The van der Waals surface area contributed by atoms with Crippen LogP contribution in [0.5, 0.6) is 0 Å². The second-order valence-corrected chi connectivity index (χ2v) is 3.64. The third-order valence-corrected chi connectivity index (χ3v) is 2.17. The van der Waals surface area contributed by atoms with Crippen LogP contribution in [0, 0.1) is 6.92 Å². The number of aromatic nitrogens is 4. The smallest absolute Gasteiger partial charge is 0.164 e. The molecule has 0 radical (unpaired) electrons. The largest absolute Gasteiger partial charge is 0.381 e. The highest BCUT2D eigenvalue weighted by Gasteiger charge is 2.04. The van der Waals surface area contributed by atoms with Crippen molar-refractivity contribution in [2.75, 3.05) is 5.73 Å². The van der Waals surface area contributed by atoms with Crippen molar-refractivity contribution in [1.29, 1.82) is 0 Å². The number of nitrogens with two attached hydrogens (primary N) is 1. The van der Waals surface area contributed by atoms with Crippen molar-refractivity contribution in [3.05, 3.63) is 35.0 Å². The normalized spacial score (nSPS) is 10.5. The fraction of sp³-hybridized carbons (Fsp3) is 0.222. The van der Waals surface area contributed by atoms with Crippen molar-refractivity contribution >= 4 is 17.4 Å². The van der Waals surface area contributed by atoms with E-state index in [4.69, 9.17) is 17.3 Å². The van der Waals surface area contributed by atoms with E-state index in [1.165, 1.54) is 0 Å². The van der Waals surface area contributed by atoms with Gasteiger partial charge in [-0.05, 0) is 12.5 Å². The van der Waals surface area contributed by atoms with E-state index >= 15 is 0 Å². The molecular formula is C9H10ClN5. The maximum Gasteiger partial charge on any atom is 0.164 e. The molecule has 0 fully saturated rings. The molecule has 15 heavy (non-hydrogen) atoms. The summed E-state index contributed by atoms with van der Waals surface area (Å²) < 4.78 is 1.61. The first-order chi connectivity index (χ1) is 7.15. The molecular weight excluding hydrogens is 214 g/mol. The molecule has 78 valence electrons. The Morgan fingerprint density at radius 1 is 1.40 bits per heavy atom. The summed E-state index contributed by atoms with van der Waals surface area (Å²) in [6, 6.07) is 0. The Kier molecular flexibility index (Phi) is 2.55. The second kappa shape index (κ2) is 3.86. The molecule has 0 aliphatic rings. The Morgan fingerprint density at radius 2 is 2.07 bits per heavy atom. The molecule has 0 spiro atoms. The van der Waals surface area contributed by atoms with Gasteiger partial charge in [0.25, 0.3) is 0 Å². The van der Waals surface area contributed by atoms with E-state index in [0.29, 0.717) is 23.2 Å². The quantitative estimate of drug-likeness (QED) is 0.832. The second-order valence-electron chi connectivity index (χ2n) is 3.24. The molecule has 0 amide bonds. The molecule has 5 nitrogen and oxygen atoms in total. The number of nitrogens with zero attached hydrogens (tertiary/aromatic N) is 4. The summed E-state index contributed by atoms with van der Waals surface area (Å²) in [6.45, 7) is 2.41. The molecule has 2 rings (SSSR count). The zero-order chi connectivity index (χ0) is 10.8. The SMILES string of the molecule is Cc1cnc(Cn2cc(Cl)c(N)n2)nc1. The van der Waals surface area contributed by atoms with Crippen LogP contribution in [-0.4, -0.2) is 19.7 Å². The first-order valence-electron chi connectivity index (χ1n) is 4.41. The van der Waals surface area contributed by atoms with Gasteiger partial charge in [0.2, 0.25) is 0 Å². The fourth-order valence-corrected chi connectivity index (χ4v) is 1.29. The summed E-state index contributed by atoms with van der Waals surface area (Å²) >= 11 is 5.77. The topological polar surface area (TPSA) is 69.6 Å². The summed E-state index contributed by atoms with van der Waals surface area (Å²) in [7, 11) is 0. The number of anilines is 1. The minimum atomic E-state index is 0.323. The first kappa shape index (κ1) is 9.92. The molecule has 0 aliphatic carbocycles. The van der Waals surface area contributed by atoms with Gasteiger partial charge in [-0.3, -0.25) is 4.68 Å². The standard InChI is InChI=1S/C9H10ClN5/c1-6-2-12-8(13-3-6)5-15-4-7(10)9(11)14-15/h2-4H,5H2,1H3,(H2,11,14). The van der Waals surface area contributed by atoms with Crippen LogP contribution in [0.3, 0.4) is 0 Å². The van der Waals surface area contributed by atoms with Crippen molar-refractivity contribution in [2.45, 2.75) is 13.5 Å². The first-order valence-corrected chi connectivity index (χ1v) is 4.79. The molecule has 0 aromatic carbocycles. The van der Waals surface area contributed by atoms with Crippen LogP contribution in [-0.2, 0) is 6.54 Å². The number of aryl methyl sites for hydroxylation is 1. The lowest BCUT2D eigenvalue weighted by molar-refractivity contribution is 0.657. The lowest BCUT2D eigenvalue weighted by Gasteiger charge is -1.99. The van der Waals surface area contributed by atoms with Gasteiger partial charge in [0.05, 0.1) is 0 Å². The third-order valence-electron chi connectivity index (χ3n) is 1.88. The van der Waals surface area contributed by atoms with Crippen LogP contribution in [0.2, 0.25) is 5.02 Å². The van der Waals surface area contributed by atoms with E-state index < -0.39 is 0 Å². The van der Waals surface area contributed by atoms with Gasteiger partial charge in [0.15, 0.2) is 5.82 Å². The number of nitrogen functional groups attached to an aromatic ring is 1. The summed E-state index contributed by atoms with van der Waals surface area (Å²) in [5.41, 5.74) is 6.54. The van der Waals surface area contributed by atoms with E-state index in [2.05, 4.69) is 15.1 Å². The molecule has 0 aliphatic heterocycles. The molecule has 2 heterocycles. The molecule has 0 unspecified atom stereocenters. The average molecular weight is 224 g/mol. The predicted molar refractivity (Wildman–Crippen MR) is 57.5 cm³/mol. The summed E-state index contributed by atoms with van der Waals surface area (Å²) in [5, 5.41) is 4.46. The lowest BCUT2D eigenvalue weighted by atomic mass is 10.4. The Labute approximate surface area is 91.9 Å². The average Bonchev–Trinajstić information content (AvgIpc) is 2.50. The maximum absolute atomic E-state index is 5.77. The van der Waals surface area contributed by atoms with Crippen molar-refractivity contribution in [1.82, 2.24) is 19.7 Å². The molecule has 6 heteroatoms. The van der Waals surface area contributed by atoms with Crippen molar-refractivity contribution in [3.63, 3.8) is 0 Å². The van der Waals surface area contributed by atoms with Gasteiger partial charge in [-0.2, -0.15) is 5.10 Å². The molecule has 0 saturated heterocycles. The summed E-state index contributed by atoms with van der Waals surface area (Å²) in [6.07, 6.45) is 5.17. The highest BCUT2D eigenvalue weighted by Crippen LogP contribution is 2.15. The monoisotopic (exact) mass is 223 g/mol. The van der Waals surface area contributed by atoms with Gasteiger partial charge in [0, 0.05) is 18.6 Å². The fourth-order valence-electron chi connectivity index (χ4n) is 1.14. The number of rotatable bonds is 2. The van der Waals surface area contributed by atoms with Gasteiger partial charge < -0.3 is 5.73 Å². The van der Waals surface area contributed by atoms with Gasteiger partial charge in [-0.1, -0.05) is 11.6 Å². The summed E-state index contributed by atoms with van der Waals surface area (Å²) in [4.78, 5) is 8.31. The van der Waals surface area contributed by atoms with Crippen LogP contribution in [0.4, 0.5) is 5.82 Å². The third kappa shape index (κ3) is 2.24. The Bertz CT molecular complexity index is 442. The predicted octanol–water partition coefficient (Wildman–Crippen LogP) is 1.27. The van der Waals surface area contributed by atoms with Crippen molar-refractivity contribution in [3.8, 4) is 0 Å². The maximum atomic E-state index is 5.77. The highest BCUT2D eigenvalue weighted by atomic mass is 35.5. The molecule has 0 saturated carbocycles. The minimum absolute atomic E-state index is 0.323. The molecule has 2 aromatic rings. The Morgan fingerprint density at radius 3 is 2.60 bits per heavy atom. The van der Waals surface area contributed by atoms with Crippen molar-refractivity contribution < 1.29 is 0 Å². The molecule has 0 atom stereocenters.